The fourth-order valence-corrected chi connectivity index (χ4v) is 4.85. The second-order valence-electron chi connectivity index (χ2n) is 8.97. The Morgan fingerprint density at radius 3 is 2.33 bits per heavy atom. The first-order valence-corrected chi connectivity index (χ1v) is 15.6. The third kappa shape index (κ3) is 10.9. The zero-order valence-electron chi connectivity index (χ0n) is 21.6. The molecule has 0 radical (unpaired) electrons. The number of piperidine rings is 1. The molecular formula is C24H32N2O12P2. The molecule has 1 fully saturated rings. The van der Waals surface area contributed by atoms with Gasteiger partial charge in [-0.3, -0.25) is 24.4 Å². The normalized spacial score (nSPS) is 18.4. The smallest absolute Gasteiger partial charge is 0.462 e. The molecule has 0 spiro atoms. The van der Waals surface area contributed by atoms with Gasteiger partial charge in [-0.15, -0.1) is 0 Å². The third-order valence-corrected chi connectivity index (χ3v) is 6.63. The van der Waals surface area contributed by atoms with Crippen LogP contribution in [0.15, 0.2) is 41.6 Å². The maximum atomic E-state index is 13.1. The van der Waals surface area contributed by atoms with Crippen LogP contribution in [0.25, 0.3) is 0 Å². The van der Waals surface area contributed by atoms with Crippen LogP contribution < -0.4 is 9.05 Å². The Bertz CT molecular complexity index is 1240. The van der Waals surface area contributed by atoms with Gasteiger partial charge in [0.1, 0.15) is 17.1 Å². The van der Waals surface area contributed by atoms with E-state index in [4.69, 9.17) is 9.57 Å². The van der Waals surface area contributed by atoms with E-state index >= 15 is 0 Å². The van der Waals surface area contributed by atoms with Gasteiger partial charge in [-0.25, -0.2) is 13.9 Å². The Labute approximate surface area is 230 Å². The minimum Gasteiger partial charge on any atom is -0.462 e. The topological polar surface area (TPSA) is 202 Å². The number of phosphoric ester groups is 2. The van der Waals surface area contributed by atoms with E-state index in [0.717, 1.165) is 31.4 Å². The van der Waals surface area contributed by atoms with Crippen molar-refractivity contribution in [2.45, 2.75) is 44.9 Å². The first-order chi connectivity index (χ1) is 18.9. The molecule has 0 atom stereocenters. The zero-order chi connectivity index (χ0) is 29.2. The quantitative estimate of drug-likeness (QED) is 0.154. The highest BCUT2D eigenvalue weighted by Gasteiger charge is 2.29. The number of carbonyl (C=O) groups excluding carboxylic acids is 2. The fourth-order valence-electron chi connectivity index (χ4n) is 4.07. The van der Waals surface area contributed by atoms with E-state index in [0.29, 0.717) is 32.4 Å². The molecule has 4 N–H and O–H groups in total. The van der Waals surface area contributed by atoms with Crippen molar-refractivity contribution in [1.29, 1.82) is 0 Å². The molecule has 14 nitrogen and oxygen atoms in total. The molecule has 1 aromatic carbocycles. The number of ether oxygens (including phenoxy) is 1. The number of amides is 1. The second-order valence-corrected chi connectivity index (χ2v) is 11.3. The summed E-state index contributed by atoms with van der Waals surface area (Å²) >= 11 is 0. The minimum absolute atomic E-state index is 0.0404. The first-order valence-electron chi connectivity index (χ1n) is 12.5. The van der Waals surface area contributed by atoms with E-state index in [9.17, 15) is 38.3 Å². The molecule has 1 amide bonds. The largest absolute Gasteiger partial charge is 0.524 e. The van der Waals surface area contributed by atoms with Crippen molar-refractivity contribution in [2.75, 3.05) is 26.3 Å². The number of fused-ring (bicyclic) bond motifs is 1. The number of nitrogens with zero attached hydrogens (tertiary/aromatic N) is 2. The van der Waals surface area contributed by atoms with E-state index in [-0.39, 0.29) is 36.8 Å². The molecule has 16 heteroatoms. The van der Waals surface area contributed by atoms with Gasteiger partial charge in [0.05, 0.1) is 12.3 Å². The van der Waals surface area contributed by atoms with Gasteiger partial charge >= 0.3 is 21.6 Å². The number of allylic oxidation sites excluding steroid dienone is 3. The molecule has 2 heterocycles. The lowest BCUT2D eigenvalue weighted by atomic mass is 9.99. The number of oxime groups is 1. The number of likely N-dealkylation sites (tertiary alicyclic amines) is 1. The van der Waals surface area contributed by atoms with Crippen LogP contribution in [0.4, 0.5) is 0 Å². The second kappa shape index (κ2) is 14.6. The average molecular weight is 602 g/mol. The number of carbonyl (C=O) groups is 2. The lowest BCUT2D eigenvalue weighted by molar-refractivity contribution is -0.137. The van der Waals surface area contributed by atoms with Gasteiger partial charge < -0.3 is 23.5 Å². The number of phosphoric acid groups is 2. The van der Waals surface area contributed by atoms with Crippen LogP contribution in [0.5, 0.6) is 11.5 Å². The molecule has 0 aliphatic carbocycles. The van der Waals surface area contributed by atoms with Crippen LogP contribution in [-0.2, 0) is 29.9 Å². The Hall–Kier alpha value is -2.99. The summed E-state index contributed by atoms with van der Waals surface area (Å²) in [7, 11) is -10.4. The molecule has 0 bridgehead atoms. The maximum Gasteiger partial charge on any atom is 0.524 e. The summed E-state index contributed by atoms with van der Waals surface area (Å²) in [6.07, 6.45) is 11.4. The van der Waals surface area contributed by atoms with Crippen LogP contribution in [0, 0.1) is 0 Å². The Morgan fingerprint density at radius 1 is 0.950 bits per heavy atom. The Kier molecular flexibility index (Phi) is 11.5. The van der Waals surface area contributed by atoms with Crippen molar-refractivity contribution >= 4 is 33.2 Å². The molecule has 0 saturated carbocycles. The zero-order valence-corrected chi connectivity index (χ0v) is 23.4. The van der Waals surface area contributed by atoms with E-state index in [1.807, 2.05) is 12.2 Å². The van der Waals surface area contributed by atoms with Crippen LogP contribution in [0.1, 0.15) is 54.4 Å². The van der Waals surface area contributed by atoms with E-state index in [1.54, 1.807) is 17.1 Å². The van der Waals surface area contributed by atoms with Crippen molar-refractivity contribution in [1.82, 2.24) is 4.90 Å². The summed E-state index contributed by atoms with van der Waals surface area (Å²) < 4.78 is 37.7. The number of cyclic esters (lactones) is 1. The summed E-state index contributed by atoms with van der Waals surface area (Å²) in [4.78, 5) is 70.0. The third-order valence-electron chi connectivity index (χ3n) is 5.75. The van der Waals surface area contributed by atoms with E-state index in [1.165, 1.54) is 0 Å². The van der Waals surface area contributed by atoms with Gasteiger partial charge in [0.2, 0.25) is 0 Å². The van der Waals surface area contributed by atoms with Crippen LogP contribution in [0.2, 0.25) is 0 Å². The van der Waals surface area contributed by atoms with Crippen molar-refractivity contribution in [2.24, 2.45) is 5.16 Å². The number of rotatable bonds is 7. The molecular weight excluding hydrogens is 570 g/mol. The van der Waals surface area contributed by atoms with Crippen molar-refractivity contribution < 1.29 is 56.9 Å². The Balaban J connectivity index is 2.01. The monoisotopic (exact) mass is 602 g/mol. The van der Waals surface area contributed by atoms with Gasteiger partial charge in [0.15, 0.2) is 6.61 Å². The van der Waals surface area contributed by atoms with Crippen LogP contribution in [0.3, 0.4) is 0 Å². The summed E-state index contributed by atoms with van der Waals surface area (Å²) in [5.41, 5.74) is -0.258. The average Bonchev–Trinajstić information content (AvgIpc) is 2.85. The van der Waals surface area contributed by atoms with Crippen molar-refractivity contribution in [3.05, 3.63) is 47.6 Å². The number of esters is 1. The highest BCUT2D eigenvalue weighted by atomic mass is 31.2. The van der Waals surface area contributed by atoms with E-state index in [2.05, 4.69) is 14.2 Å². The molecule has 40 heavy (non-hydrogen) atoms. The highest BCUT2D eigenvalue weighted by molar-refractivity contribution is 7.47. The molecule has 2 aliphatic heterocycles. The van der Waals surface area contributed by atoms with Crippen LogP contribution >= 0.6 is 15.6 Å². The lowest BCUT2D eigenvalue weighted by Crippen LogP contribution is -2.37. The Morgan fingerprint density at radius 2 is 1.62 bits per heavy atom. The van der Waals surface area contributed by atoms with Gasteiger partial charge in [0, 0.05) is 25.6 Å². The highest BCUT2D eigenvalue weighted by Crippen LogP contribution is 2.45. The number of benzene rings is 1. The summed E-state index contributed by atoms with van der Waals surface area (Å²) in [6.45, 7) is 0.880. The molecule has 2 aliphatic rings. The predicted octanol–water partition coefficient (Wildman–Crippen LogP) is 3.01. The van der Waals surface area contributed by atoms with E-state index < -0.39 is 38.7 Å². The van der Waals surface area contributed by atoms with Gasteiger partial charge in [0.25, 0.3) is 5.91 Å². The molecule has 1 aromatic rings. The van der Waals surface area contributed by atoms with Gasteiger partial charge in [-0.1, -0.05) is 23.4 Å². The number of hydrogen-bond donors (Lipinski definition) is 4. The molecule has 0 unspecified atom stereocenters. The lowest BCUT2D eigenvalue weighted by Gasteiger charge is -2.26. The number of hydrogen-bond acceptors (Lipinski definition) is 9. The fraction of sp³-hybridized carbons (Fsp3) is 0.458. The molecule has 220 valence electrons. The van der Waals surface area contributed by atoms with Gasteiger partial charge in [-0.2, -0.15) is 0 Å². The SMILES string of the molecule is O=C1OCCC=CCCC=CC(=NOCC(=O)N2CCCCC2)Cc2cc(OP(=O)(O)O)cc(OP(=O)(O)O)c21. The molecule has 1 saturated heterocycles. The summed E-state index contributed by atoms with van der Waals surface area (Å²) in [6, 6.07) is 1.86. The van der Waals surface area contributed by atoms with Crippen molar-refractivity contribution in [3.63, 3.8) is 0 Å². The van der Waals surface area contributed by atoms with Crippen LogP contribution in [-0.4, -0.2) is 68.4 Å². The molecule has 3 rings (SSSR count). The predicted molar refractivity (Wildman–Crippen MR) is 142 cm³/mol. The first kappa shape index (κ1) is 31.5. The van der Waals surface area contributed by atoms with Gasteiger partial charge in [-0.05, 0) is 56.2 Å². The maximum absolute atomic E-state index is 13.1. The standard InChI is InChI=1S/C24H32N2O12P2/c27-22(26-11-7-5-8-12-26)17-36-25-19-10-6-3-1-2-4-9-13-35-24(28)23-18(14-19)15-20(37-39(29,30)31)16-21(23)38-40(32,33)34/h2,4,6,10,15-16H,1,3,5,7-9,11-14,17H2,(H2,29,30,31)(H2,32,33,34). The van der Waals surface area contributed by atoms with Crippen molar-refractivity contribution in [3.8, 4) is 11.5 Å². The summed E-state index contributed by atoms with van der Waals surface area (Å²) in [5, 5.41) is 4.04. The molecule has 0 aromatic heterocycles. The minimum atomic E-state index is -5.24. The summed E-state index contributed by atoms with van der Waals surface area (Å²) in [5.74, 6) is -2.49.